The lowest BCUT2D eigenvalue weighted by Crippen LogP contribution is -2.37. The van der Waals surface area contributed by atoms with Gasteiger partial charge in [0.05, 0.1) is 0 Å². The summed E-state index contributed by atoms with van der Waals surface area (Å²) in [5.41, 5.74) is 6.39. The minimum absolute atomic E-state index is 0.0349. The van der Waals surface area contributed by atoms with Gasteiger partial charge in [-0.25, -0.2) is 0 Å². The molecule has 0 unspecified atom stereocenters. The van der Waals surface area contributed by atoms with E-state index in [1.807, 2.05) is 0 Å². The molecule has 4 heteroatoms. The summed E-state index contributed by atoms with van der Waals surface area (Å²) in [6.07, 6.45) is 5.62. The van der Waals surface area contributed by atoms with Gasteiger partial charge in [0.1, 0.15) is 0 Å². The lowest BCUT2D eigenvalue weighted by atomic mass is 9.94. The number of nitrogens with two attached hydrogens (primary N) is 1. The summed E-state index contributed by atoms with van der Waals surface area (Å²) in [6.45, 7) is 6.28. The largest absolute Gasteiger partial charge is 0.398 e. The van der Waals surface area contributed by atoms with Crippen LogP contribution in [0, 0.1) is 5.92 Å². The first-order chi connectivity index (χ1) is 8.69. The molecular formula is C14H23N3O. The Morgan fingerprint density at radius 2 is 2.00 bits per heavy atom. The maximum absolute atomic E-state index is 11.6. The summed E-state index contributed by atoms with van der Waals surface area (Å²) in [5, 5.41) is 0. The molecule has 0 spiro atoms. The Balaban J connectivity index is 1.85. The van der Waals surface area contributed by atoms with Crippen LogP contribution in [0.15, 0.2) is 23.1 Å². The maximum atomic E-state index is 11.6. The van der Waals surface area contributed by atoms with Gasteiger partial charge in [-0.05, 0) is 37.9 Å². The minimum atomic E-state index is 0.0349. The number of hydrogen-bond donors (Lipinski definition) is 1. The van der Waals surface area contributed by atoms with Gasteiger partial charge < -0.3 is 15.2 Å². The molecule has 1 aliphatic heterocycles. The Bertz CT molecular complexity index is 433. The van der Waals surface area contributed by atoms with Gasteiger partial charge in [0.2, 0.25) is 0 Å². The number of aromatic nitrogens is 1. The van der Waals surface area contributed by atoms with Crippen molar-refractivity contribution >= 4 is 5.69 Å². The Labute approximate surface area is 108 Å². The number of nitrogens with zero attached hydrogens (tertiary/aromatic N) is 2. The number of rotatable bonds is 4. The monoisotopic (exact) mass is 249 g/mol. The normalized spacial score (nSPS) is 18.1. The summed E-state index contributed by atoms with van der Waals surface area (Å²) >= 11 is 0. The third-order valence-corrected chi connectivity index (χ3v) is 3.95. The molecular weight excluding hydrogens is 226 g/mol. The van der Waals surface area contributed by atoms with E-state index >= 15 is 0 Å². The highest BCUT2D eigenvalue weighted by Crippen LogP contribution is 2.19. The number of nitrogen functional groups attached to an aromatic ring is 1. The number of likely N-dealkylation sites (tertiary alicyclic amines) is 1. The highest BCUT2D eigenvalue weighted by molar-refractivity contribution is 5.33. The third-order valence-electron chi connectivity index (χ3n) is 3.95. The van der Waals surface area contributed by atoms with Gasteiger partial charge in [-0.2, -0.15) is 0 Å². The fraction of sp³-hybridized carbons (Fsp3) is 0.643. The van der Waals surface area contributed by atoms with Crippen LogP contribution in [-0.4, -0.2) is 29.1 Å². The molecule has 1 aromatic rings. The molecule has 0 aromatic carbocycles. The first kappa shape index (κ1) is 13.1. The molecule has 0 amide bonds. The highest BCUT2D eigenvalue weighted by atomic mass is 16.1. The van der Waals surface area contributed by atoms with Crippen LogP contribution in [0.1, 0.15) is 26.2 Å². The molecule has 18 heavy (non-hydrogen) atoms. The molecule has 1 aliphatic rings. The first-order valence-electron chi connectivity index (χ1n) is 6.87. The maximum Gasteiger partial charge on any atom is 0.250 e. The van der Waals surface area contributed by atoms with Crippen LogP contribution in [0.4, 0.5) is 5.69 Å². The van der Waals surface area contributed by atoms with E-state index in [9.17, 15) is 4.79 Å². The van der Waals surface area contributed by atoms with Gasteiger partial charge in [-0.1, -0.05) is 13.3 Å². The second kappa shape index (κ2) is 6.05. The van der Waals surface area contributed by atoms with Crippen molar-refractivity contribution in [2.24, 2.45) is 5.92 Å². The van der Waals surface area contributed by atoms with E-state index in [0.717, 1.165) is 32.1 Å². The highest BCUT2D eigenvalue weighted by Gasteiger charge is 2.17. The van der Waals surface area contributed by atoms with Crippen LogP contribution < -0.4 is 11.3 Å². The minimum Gasteiger partial charge on any atom is -0.398 e. The molecule has 0 atom stereocenters. The molecule has 4 nitrogen and oxygen atoms in total. The number of anilines is 1. The number of hydrogen-bond acceptors (Lipinski definition) is 3. The van der Waals surface area contributed by atoms with Crippen LogP contribution in [0.2, 0.25) is 0 Å². The second-order valence-electron chi connectivity index (χ2n) is 5.19. The van der Waals surface area contributed by atoms with Crippen molar-refractivity contribution in [3.63, 3.8) is 0 Å². The average molecular weight is 249 g/mol. The predicted octanol–water partition coefficient (Wildman–Crippen LogP) is 1.55. The molecule has 0 saturated carbocycles. The van der Waals surface area contributed by atoms with E-state index in [2.05, 4.69) is 11.8 Å². The fourth-order valence-electron chi connectivity index (χ4n) is 2.59. The summed E-state index contributed by atoms with van der Waals surface area (Å²) in [4.78, 5) is 14.1. The summed E-state index contributed by atoms with van der Waals surface area (Å²) in [5.74, 6) is 0.899. The van der Waals surface area contributed by atoms with Gasteiger partial charge >= 0.3 is 0 Å². The van der Waals surface area contributed by atoms with Gasteiger partial charge in [0, 0.05) is 31.0 Å². The Kier molecular flexibility index (Phi) is 4.42. The molecule has 1 fully saturated rings. The van der Waals surface area contributed by atoms with Gasteiger partial charge in [-0.3, -0.25) is 4.79 Å². The van der Waals surface area contributed by atoms with Crippen LogP contribution in [0.25, 0.3) is 0 Å². The Hall–Kier alpha value is -1.29. The predicted molar refractivity (Wildman–Crippen MR) is 74.6 cm³/mol. The molecule has 0 bridgehead atoms. The number of piperidine rings is 1. The molecule has 1 aromatic heterocycles. The Morgan fingerprint density at radius 3 is 2.67 bits per heavy atom. The summed E-state index contributed by atoms with van der Waals surface area (Å²) < 4.78 is 1.71. The zero-order chi connectivity index (χ0) is 13.0. The molecule has 2 N–H and O–H groups in total. The molecule has 100 valence electrons. The van der Waals surface area contributed by atoms with Gasteiger partial charge in [0.25, 0.3) is 5.56 Å². The van der Waals surface area contributed by atoms with Crippen molar-refractivity contribution < 1.29 is 0 Å². The smallest absolute Gasteiger partial charge is 0.250 e. The summed E-state index contributed by atoms with van der Waals surface area (Å²) in [7, 11) is 0. The van der Waals surface area contributed by atoms with E-state index in [0.29, 0.717) is 5.69 Å². The van der Waals surface area contributed by atoms with Crippen LogP contribution >= 0.6 is 0 Å². The van der Waals surface area contributed by atoms with E-state index in [-0.39, 0.29) is 5.56 Å². The van der Waals surface area contributed by atoms with Gasteiger partial charge in [0.15, 0.2) is 0 Å². The molecule has 0 aliphatic carbocycles. The zero-order valence-electron chi connectivity index (χ0n) is 11.1. The topological polar surface area (TPSA) is 51.3 Å². The van der Waals surface area contributed by atoms with Crippen molar-refractivity contribution in [2.45, 2.75) is 32.7 Å². The quantitative estimate of drug-likeness (QED) is 0.881. The molecule has 2 rings (SSSR count). The number of pyridine rings is 1. The zero-order valence-corrected chi connectivity index (χ0v) is 11.1. The Morgan fingerprint density at radius 1 is 1.28 bits per heavy atom. The lowest BCUT2D eigenvalue weighted by molar-refractivity contribution is 0.176. The molecule has 0 radical (unpaired) electrons. The molecule has 2 heterocycles. The van der Waals surface area contributed by atoms with E-state index < -0.39 is 0 Å². The van der Waals surface area contributed by atoms with Gasteiger partial charge in [-0.15, -0.1) is 0 Å². The lowest BCUT2D eigenvalue weighted by Gasteiger charge is -2.31. The van der Waals surface area contributed by atoms with E-state index in [4.69, 9.17) is 5.73 Å². The van der Waals surface area contributed by atoms with Crippen molar-refractivity contribution in [3.8, 4) is 0 Å². The fourth-order valence-corrected chi connectivity index (χ4v) is 2.59. The second-order valence-corrected chi connectivity index (χ2v) is 5.19. The first-order valence-corrected chi connectivity index (χ1v) is 6.87. The van der Waals surface area contributed by atoms with Crippen LogP contribution in [0.5, 0.6) is 0 Å². The van der Waals surface area contributed by atoms with E-state index in [1.54, 1.807) is 22.9 Å². The van der Waals surface area contributed by atoms with Crippen molar-refractivity contribution in [1.82, 2.24) is 9.47 Å². The van der Waals surface area contributed by atoms with Crippen LogP contribution in [0.3, 0.4) is 0 Å². The van der Waals surface area contributed by atoms with Crippen LogP contribution in [-0.2, 0) is 6.54 Å². The SMILES string of the molecule is CCC1CCN(CCn2cc(N)ccc2=O)CC1. The molecule has 1 saturated heterocycles. The average Bonchev–Trinajstić information content (AvgIpc) is 2.40. The van der Waals surface area contributed by atoms with Crippen molar-refractivity contribution in [2.75, 3.05) is 25.4 Å². The third kappa shape index (κ3) is 3.35. The standard InChI is InChI=1S/C14H23N3O/c1-2-12-5-7-16(8-6-12)9-10-17-11-13(15)3-4-14(17)18/h3-4,11-12H,2,5-10,15H2,1H3. The van der Waals surface area contributed by atoms with Crippen molar-refractivity contribution in [3.05, 3.63) is 28.7 Å². The van der Waals surface area contributed by atoms with Crippen molar-refractivity contribution in [1.29, 1.82) is 0 Å². The summed E-state index contributed by atoms with van der Waals surface area (Å²) in [6, 6.07) is 3.20. The van der Waals surface area contributed by atoms with E-state index in [1.165, 1.54) is 19.3 Å².